The Balaban J connectivity index is 0.000000203. The smallest absolute Gasteiger partial charge is 0.271 e. The van der Waals surface area contributed by atoms with Crippen LogP contribution in [0.2, 0.25) is 0 Å². The number of phenolic OH excluding ortho intramolecular Hbond substituents is 3. The maximum absolute atomic E-state index is 10.8. The van der Waals surface area contributed by atoms with Gasteiger partial charge in [-0.1, -0.05) is 42.5 Å². The third-order valence-corrected chi connectivity index (χ3v) is 6.46. The van der Waals surface area contributed by atoms with Crippen LogP contribution in [-0.4, -0.2) is 35.5 Å². The monoisotopic (exact) mass is 644 g/mol. The molecular formula is C30H24CrN8O6. The zero-order chi connectivity index (χ0) is 31.4. The van der Waals surface area contributed by atoms with Gasteiger partial charge in [0.1, 0.15) is 28.6 Å². The predicted molar refractivity (Wildman–Crippen MR) is 164 cm³/mol. The number of nitrogens with one attached hydrogen (secondary N) is 1. The number of aromatic nitrogens is 2. The van der Waals surface area contributed by atoms with Gasteiger partial charge >= 0.3 is 0 Å². The quantitative estimate of drug-likeness (QED) is 0.0467. The topological polar surface area (TPSA) is 228 Å². The average Bonchev–Trinajstić information content (AvgIpc) is 3.34. The number of fused-ring (bicyclic) bond motifs is 2. The summed E-state index contributed by atoms with van der Waals surface area (Å²) in [6.07, 6.45) is 0. The van der Waals surface area contributed by atoms with Crippen LogP contribution >= 0.6 is 0 Å². The number of nitrogens with zero attached hydrogens (tertiary/aromatic N) is 6. The van der Waals surface area contributed by atoms with Gasteiger partial charge in [-0.05, 0) is 48.0 Å². The summed E-state index contributed by atoms with van der Waals surface area (Å²) in [6.45, 7) is 1.70. The van der Waals surface area contributed by atoms with Crippen molar-refractivity contribution in [3.05, 3.63) is 101 Å². The van der Waals surface area contributed by atoms with E-state index in [1.165, 1.54) is 0 Å². The molecule has 15 heteroatoms. The van der Waals surface area contributed by atoms with E-state index >= 15 is 0 Å². The molecule has 45 heavy (non-hydrogen) atoms. The first-order valence-corrected chi connectivity index (χ1v) is 12.9. The minimum atomic E-state index is -0.602. The molecule has 6 rings (SSSR count). The molecule has 0 aliphatic carbocycles. The summed E-state index contributed by atoms with van der Waals surface area (Å²) in [6, 6.07) is 22.7. The number of aryl methyl sites for hydroxylation is 1. The fourth-order valence-electron chi connectivity index (χ4n) is 4.19. The molecule has 0 bridgehead atoms. The van der Waals surface area contributed by atoms with Crippen molar-refractivity contribution in [1.82, 2.24) is 10.2 Å². The number of anilines is 1. The molecule has 0 spiro atoms. The second-order valence-corrected chi connectivity index (χ2v) is 9.40. The van der Waals surface area contributed by atoms with E-state index in [1.807, 2.05) is 30.3 Å². The molecule has 0 aliphatic heterocycles. The van der Waals surface area contributed by atoms with Crippen LogP contribution in [0.1, 0.15) is 5.69 Å². The summed E-state index contributed by atoms with van der Waals surface area (Å²) in [7, 11) is 0. The number of rotatable bonds is 5. The average molecular weight is 645 g/mol. The molecule has 0 fully saturated rings. The van der Waals surface area contributed by atoms with Gasteiger partial charge in [0.25, 0.3) is 5.69 Å². The zero-order valence-corrected chi connectivity index (χ0v) is 24.6. The Hall–Kier alpha value is -6.04. The predicted octanol–water partition coefficient (Wildman–Crippen LogP) is 7.85. The number of nitrogen functional groups attached to an aromatic ring is 1. The number of azo groups is 2. The number of aromatic hydroxyl groups is 4. The number of nitro benzene ring substituents is 1. The largest absolute Gasteiger partial charge is 0.506 e. The summed E-state index contributed by atoms with van der Waals surface area (Å²) < 4.78 is 0. The van der Waals surface area contributed by atoms with Crippen LogP contribution in [0.25, 0.3) is 21.5 Å². The first-order chi connectivity index (χ1) is 21.1. The molecule has 0 radical (unpaired) electrons. The Bertz CT molecular complexity index is 2080. The minimum Gasteiger partial charge on any atom is -0.506 e. The van der Waals surface area contributed by atoms with Gasteiger partial charge in [0, 0.05) is 46.0 Å². The second kappa shape index (κ2) is 13.5. The van der Waals surface area contributed by atoms with E-state index in [1.54, 1.807) is 43.3 Å². The summed E-state index contributed by atoms with van der Waals surface area (Å²) in [4.78, 5) is 10.2. The molecule has 226 valence electrons. The van der Waals surface area contributed by atoms with Crippen molar-refractivity contribution in [1.29, 1.82) is 0 Å². The molecule has 0 atom stereocenters. The number of benzene rings is 5. The standard InChI is InChI=1S/C16H12N4O4.C14H12N4O2.Cr/c17-10-3-1-9-2-5-13(16(22)12(9)7-10)18-19-14-8-11(20(23)24)4-6-15(14)21;1-8-12(14(20)18-15-8)16-17-13-10-5-3-2-4-9(10)6-7-11(13)19;/h1-8,21-22H,17H2;2-7,19H,1H3,(H2,15,18,20);. The molecule has 0 saturated heterocycles. The number of hydrogen-bond acceptors (Lipinski definition) is 12. The number of nitrogens with two attached hydrogens (primary N) is 1. The van der Waals surface area contributed by atoms with Gasteiger partial charge in [-0.15, -0.1) is 20.5 Å². The zero-order valence-electron chi connectivity index (χ0n) is 23.4. The van der Waals surface area contributed by atoms with Crippen LogP contribution in [-0.2, 0) is 17.4 Å². The molecule has 1 heterocycles. The van der Waals surface area contributed by atoms with Crippen molar-refractivity contribution in [2.24, 2.45) is 20.5 Å². The number of H-pyrrole nitrogens is 1. The Morgan fingerprint density at radius 3 is 2.13 bits per heavy atom. The van der Waals surface area contributed by atoms with Crippen LogP contribution < -0.4 is 5.73 Å². The van der Waals surface area contributed by atoms with Crippen molar-refractivity contribution in [2.45, 2.75) is 6.92 Å². The van der Waals surface area contributed by atoms with E-state index < -0.39 is 4.92 Å². The van der Waals surface area contributed by atoms with Crippen LogP contribution in [0.5, 0.6) is 23.1 Å². The van der Waals surface area contributed by atoms with E-state index in [0.717, 1.165) is 34.4 Å². The van der Waals surface area contributed by atoms with Crippen molar-refractivity contribution < 1.29 is 42.7 Å². The van der Waals surface area contributed by atoms with E-state index in [2.05, 4.69) is 30.7 Å². The minimum absolute atomic E-state index is 0. The Morgan fingerprint density at radius 2 is 1.40 bits per heavy atom. The van der Waals surface area contributed by atoms with Crippen molar-refractivity contribution in [3.63, 3.8) is 0 Å². The maximum Gasteiger partial charge on any atom is 0.271 e. The first-order valence-electron chi connectivity index (χ1n) is 12.9. The normalized spacial score (nSPS) is 11.0. The summed E-state index contributed by atoms with van der Waals surface area (Å²) >= 11 is 0. The summed E-state index contributed by atoms with van der Waals surface area (Å²) in [5, 5.41) is 75.2. The van der Waals surface area contributed by atoms with Crippen LogP contribution in [0.15, 0.2) is 105 Å². The number of phenols is 3. The van der Waals surface area contributed by atoms with Gasteiger partial charge in [0.05, 0.1) is 10.6 Å². The fraction of sp³-hybridized carbons (Fsp3) is 0.0333. The van der Waals surface area contributed by atoms with Gasteiger partial charge in [-0.3, -0.25) is 10.1 Å². The SMILES string of the molecule is Cc1n[nH]c(O)c1N=Nc1c(O)ccc2ccccc12.Nc1ccc2ccc(N=Nc3cc([N+](=O)[O-])ccc3O)c(O)c2c1.[Cr]. The van der Waals surface area contributed by atoms with Crippen molar-refractivity contribution in [2.75, 3.05) is 5.73 Å². The van der Waals surface area contributed by atoms with Crippen LogP contribution in [0.3, 0.4) is 0 Å². The Labute approximate surface area is 265 Å². The molecule has 5 aromatic carbocycles. The number of non-ortho nitro benzene ring substituents is 1. The van der Waals surface area contributed by atoms with Crippen molar-refractivity contribution in [3.8, 4) is 23.1 Å². The molecule has 0 aliphatic rings. The van der Waals surface area contributed by atoms with Crippen LogP contribution in [0.4, 0.5) is 34.1 Å². The molecule has 1 aromatic heterocycles. The molecule has 14 nitrogen and oxygen atoms in total. The molecule has 0 saturated carbocycles. The van der Waals surface area contributed by atoms with E-state index in [-0.39, 0.29) is 63.2 Å². The van der Waals surface area contributed by atoms with Gasteiger partial charge in [-0.25, -0.2) is 5.10 Å². The number of aromatic amines is 1. The molecular weight excluding hydrogens is 620 g/mol. The summed E-state index contributed by atoms with van der Waals surface area (Å²) in [5.74, 6) is -0.485. The molecule has 0 unspecified atom stereocenters. The maximum atomic E-state index is 10.8. The first kappa shape index (κ1) is 31.9. The number of hydrogen-bond donors (Lipinski definition) is 6. The third kappa shape index (κ3) is 6.96. The Kier molecular flexibility index (Phi) is 9.57. The summed E-state index contributed by atoms with van der Waals surface area (Å²) in [5.41, 5.74) is 7.21. The van der Waals surface area contributed by atoms with E-state index in [9.17, 15) is 30.5 Å². The molecule has 0 amide bonds. The van der Waals surface area contributed by atoms with E-state index in [0.29, 0.717) is 22.5 Å². The van der Waals surface area contributed by atoms with E-state index in [4.69, 9.17) is 5.73 Å². The van der Waals surface area contributed by atoms with Crippen LogP contribution in [0, 0.1) is 17.0 Å². The van der Waals surface area contributed by atoms with Gasteiger partial charge in [-0.2, -0.15) is 5.10 Å². The van der Waals surface area contributed by atoms with Gasteiger partial charge < -0.3 is 26.2 Å². The van der Waals surface area contributed by atoms with Crippen molar-refractivity contribution >= 4 is 55.7 Å². The molecule has 6 aromatic rings. The third-order valence-electron chi connectivity index (χ3n) is 6.46. The van der Waals surface area contributed by atoms with Gasteiger partial charge in [0.2, 0.25) is 5.88 Å². The second-order valence-electron chi connectivity index (χ2n) is 9.40. The fourth-order valence-corrected chi connectivity index (χ4v) is 4.19. The molecule has 7 N–H and O–H groups in total. The Morgan fingerprint density at radius 1 is 0.756 bits per heavy atom. The van der Waals surface area contributed by atoms with Gasteiger partial charge in [0.15, 0.2) is 11.4 Å². The number of nitro groups is 1.